The third-order valence-corrected chi connectivity index (χ3v) is 3.79. The molecular weight excluding hydrogens is 266 g/mol. The number of rotatable bonds is 5. The Morgan fingerprint density at radius 2 is 2.37 bits per heavy atom. The van der Waals surface area contributed by atoms with E-state index in [-0.39, 0.29) is 10.6 Å². The zero-order valence-electron chi connectivity index (χ0n) is 10.9. The fourth-order valence-electron chi connectivity index (χ4n) is 2.43. The summed E-state index contributed by atoms with van der Waals surface area (Å²) in [5.74, 6) is 0.540. The van der Waals surface area contributed by atoms with Gasteiger partial charge in [-0.05, 0) is 37.6 Å². The predicted octanol–water partition coefficient (Wildman–Crippen LogP) is 3.00. The predicted molar refractivity (Wildman–Crippen MR) is 76.8 cm³/mol. The van der Waals surface area contributed by atoms with Crippen molar-refractivity contribution in [2.24, 2.45) is 5.92 Å². The van der Waals surface area contributed by atoms with E-state index in [9.17, 15) is 10.1 Å². The quantitative estimate of drug-likeness (QED) is 0.667. The van der Waals surface area contributed by atoms with Crippen molar-refractivity contribution in [2.75, 3.05) is 31.5 Å². The van der Waals surface area contributed by atoms with Crippen LogP contribution in [0, 0.1) is 16.0 Å². The Labute approximate surface area is 117 Å². The van der Waals surface area contributed by atoms with Crippen LogP contribution in [0.3, 0.4) is 0 Å². The molecule has 0 amide bonds. The Balaban J connectivity index is 1.99. The Kier molecular flexibility index (Phi) is 4.61. The van der Waals surface area contributed by atoms with Crippen LogP contribution in [0.25, 0.3) is 0 Å². The van der Waals surface area contributed by atoms with Crippen LogP contribution in [-0.4, -0.2) is 36.0 Å². The highest BCUT2D eigenvalue weighted by atomic mass is 35.5. The van der Waals surface area contributed by atoms with Gasteiger partial charge in [-0.2, -0.15) is 0 Å². The van der Waals surface area contributed by atoms with Gasteiger partial charge in [-0.25, -0.2) is 0 Å². The van der Waals surface area contributed by atoms with Gasteiger partial charge in [0.2, 0.25) is 0 Å². The second-order valence-electron chi connectivity index (χ2n) is 4.85. The average Bonchev–Trinajstić information content (AvgIpc) is 2.84. The molecule has 0 saturated carbocycles. The molecule has 1 atom stereocenters. The Morgan fingerprint density at radius 1 is 1.58 bits per heavy atom. The molecule has 6 heteroatoms. The third-order valence-electron chi connectivity index (χ3n) is 3.55. The first kappa shape index (κ1) is 14.1. The third kappa shape index (κ3) is 3.58. The van der Waals surface area contributed by atoms with E-state index in [0.29, 0.717) is 16.6 Å². The number of nitrogens with one attached hydrogen (secondary N) is 1. The zero-order chi connectivity index (χ0) is 13.8. The maximum Gasteiger partial charge on any atom is 0.292 e. The first-order valence-corrected chi connectivity index (χ1v) is 6.88. The summed E-state index contributed by atoms with van der Waals surface area (Å²) in [6.07, 6.45) is 1.13. The molecule has 0 aromatic heterocycles. The van der Waals surface area contributed by atoms with Crippen molar-refractivity contribution in [3.8, 4) is 0 Å². The number of nitro groups is 1. The van der Waals surface area contributed by atoms with Crippen LogP contribution in [0.15, 0.2) is 18.2 Å². The first-order chi connectivity index (χ1) is 9.10. The summed E-state index contributed by atoms with van der Waals surface area (Å²) >= 11 is 5.89. The highest BCUT2D eigenvalue weighted by Gasteiger charge is 2.22. The maximum atomic E-state index is 10.9. The lowest BCUT2D eigenvalue weighted by Crippen LogP contribution is -2.22. The van der Waals surface area contributed by atoms with Crippen LogP contribution < -0.4 is 5.32 Å². The minimum atomic E-state index is -0.383. The normalized spacial score (nSPS) is 19.6. The van der Waals surface area contributed by atoms with Gasteiger partial charge in [0.05, 0.1) is 4.92 Å². The lowest BCUT2D eigenvalue weighted by molar-refractivity contribution is -0.384. The summed E-state index contributed by atoms with van der Waals surface area (Å²) in [7, 11) is 0. The maximum absolute atomic E-state index is 10.9. The second kappa shape index (κ2) is 6.21. The van der Waals surface area contributed by atoms with Gasteiger partial charge < -0.3 is 10.2 Å². The van der Waals surface area contributed by atoms with Crippen LogP contribution in [0.1, 0.15) is 13.3 Å². The SMILES string of the molecule is CCN1CCC(CNc2cc(Cl)ccc2[N+](=O)[O-])C1. The van der Waals surface area contributed by atoms with Gasteiger partial charge in [0.1, 0.15) is 5.69 Å². The molecule has 0 aliphatic carbocycles. The summed E-state index contributed by atoms with van der Waals surface area (Å²) in [6, 6.07) is 4.60. The van der Waals surface area contributed by atoms with Crippen LogP contribution >= 0.6 is 11.6 Å². The van der Waals surface area contributed by atoms with Gasteiger partial charge in [0.25, 0.3) is 5.69 Å². The van der Waals surface area contributed by atoms with E-state index in [1.54, 1.807) is 12.1 Å². The van der Waals surface area contributed by atoms with Crippen molar-refractivity contribution in [1.82, 2.24) is 4.90 Å². The highest BCUT2D eigenvalue weighted by Crippen LogP contribution is 2.28. The monoisotopic (exact) mass is 283 g/mol. The molecule has 5 nitrogen and oxygen atoms in total. The molecule has 104 valence electrons. The molecule has 1 aromatic rings. The number of benzene rings is 1. The number of hydrogen-bond acceptors (Lipinski definition) is 4. The molecule has 1 aliphatic heterocycles. The summed E-state index contributed by atoms with van der Waals surface area (Å²) in [4.78, 5) is 12.9. The van der Waals surface area contributed by atoms with Gasteiger partial charge in [-0.15, -0.1) is 0 Å². The molecule has 1 fully saturated rings. The number of nitro benzene ring substituents is 1. The highest BCUT2D eigenvalue weighted by molar-refractivity contribution is 6.31. The average molecular weight is 284 g/mol. The van der Waals surface area contributed by atoms with Gasteiger partial charge >= 0.3 is 0 Å². The molecule has 1 aromatic carbocycles. The van der Waals surface area contributed by atoms with Crippen molar-refractivity contribution >= 4 is 23.0 Å². The van der Waals surface area contributed by atoms with E-state index in [4.69, 9.17) is 11.6 Å². The lowest BCUT2D eigenvalue weighted by Gasteiger charge is -2.14. The fourth-order valence-corrected chi connectivity index (χ4v) is 2.60. The van der Waals surface area contributed by atoms with Crippen LogP contribution in [0.4, 0.5) is 11.4 Å². The molecule has 1 unspecified atom stereocenters. The minimum Gasteiger partial charge on any atom is -0.379 e. The number of anilines is 1. The van der Waals surface area contributed by atoms with Crippen molar-refractivity contribution in [1.29, 1.82) is 0 Å². The molecule has 2 rings (SSSR count). The van der Waals surface area contributed by atoms with Crippen LogP contribution in [0.2, 0.25) is 5.02 Å². The Bertz CT molecular complexity index is 467. The number of nitrogens with zero attached hydrogens (tertiary/aromatic N) is 2. The number of hydrogen-bond donors (Lipinski definition) is 1. The van der Waals surface area contributed by atoms with Gasteiger partial charge in [0.15, 0.2) is 0 Å². The Hall–Kier alpha value is -1.33. The lowest BCUT2D eigenvalue weighted by atomic mass is 10.1. The van der Waals surface area contributed by atoms with E-state index in [1.165, 1.54) is 6.07 Å². The molecule has 19 heavy (non-hydrogen) atoms. The topological polar surface area (TPSA) is 58.4 Å². The second-order valence-corrected chi connectivity index (χ2v) is 5.28. The van der Waals surface area contributed by atoms with Crippen LogP contribution in [-0.2, 0) is 0 Å². The van der Waals surface area contributed by atoms with E-state index in [2.05, 4.69) is 17.1 Å². The summed E-state index contributed by atoms with van der Waals surface area (Å²) in [5.41, 5.74) is 0.585. The molecule has 1 N–H and O–H groups in total. The summed E-state index contributed by atoms with van der Waals surface area (Å²) < 4.78 is 0. The molecular formula is C13H18ClN3O2. The minimum absolute atomic E-state index is 0.0785. The smallest absolute Gasteiger partial charge is 0.292 e. The number of halogens is 1. The van der Waals surface area contributed by atoms with Crippen molar-refractivity contribution in [3.63, 3.8) is 0 Å². The molecule has 0 spiro atoms. The van der Waals surface area contributed by atoms with Crippen molar-refractivity contribution in [3.05, 3.63) is 33.3 Å². The molecule has 1 aliphatic rings. The van der Waals surface area contributed by atoms with E-state index >= 15 is 0 Å². The zero-order valence-corrected chi connectivity index (χ0v) is 11.7. The summed E-state index contributed by atoms with van der Waals surface area (Å²) in [6.45, 7) is 6.13. The Morgan fingerprint density at radius 3 is 3.00 bits per heavy atom. The molecule has 1 heterocycles. The van der Waals surface area contributed by atoms with E-state index < -0.39 is 0 Å². The van der Waals surface area contributed by atoms with Crippen molar-refractivity contribution < 1.29 is 4.92 Å². The van der Waals surface area contributed by atoms with E-state index in [0.717, 1.165) is 32.6 Å². The van der Waals surface area contributed by atoms with Crippen LogP contribution in [0.5, 0.6) is 0 Å². The molecule has 0 radical (unpaired) electrons. The summed E-state index contributed by atoms with van der Waals surface area (Å²) in [5, 5.41) is 14.6. The standard InChI is InChI=1S/C13H18ClN3O2/c1-2-16-6-5-10(9-16)8-15-12-7-11(14)3-4-13(12)17(18)19/h3-4,7,10,15H,2,5-6,8-9H2,1H3. The van der Waals surface area contributed by atoms with Gasteiger partial charge in [-0.1, -0.05) is 18.5 Å². The first-order valence-electron chi connectivity index (χ1n) is 6.50. The van der Waals surface area contributed by atoms with Crippen molar-refractivity contribution in [2.45, 2.75) is 13.3 Å². The number of likely N-dealkylation sites (tertiary alicyclic amines) is 1. The van der Waals surface area contributed by atoms with Gasteiger partial charge in [-0.3, -0.25) is 10.1 Å². The molecule has 0 bridgehead atoms. The van der Waals surface area contributed by atoms with E-state index in [1.807, 2.05) is 0 Å². The van der Waals surface area contributed by atoms with Gasteiger partial charge in [0, 0.05) is 24.2 Å². The molecule has 1 saturated heterocycles. The largest absolute Gasteiger partial charge is 0.379 e. The fraction of sp³-hybridized carbons (Fsp3) is 0.538.